The van der Waals surface area contributed by atoms with E-state index in [0.29, 0.717) is 0 Å². The van der Waals surface area contributed by atoms with Crippen LogP contribution in [0.15, 0.2) is 133 Å². The van der Waals surface area contributed by atoms with Gasteiger partial charge in [-0.15, -0.1) is 0 Å². The minimum absolute atomic E-state index is 1.01. The Hall–Kier alpha value is -4.17. The van der Waals surface area contributed by atoms with E-state index in [1.807, 2.05) is 0 Å². The predicted octanol–water partition coefficient (Wildman–Crippen LogP) is 8.59. The van der Waals surface area contributed by atoms with Crippen molar-refractivity contribution in [2.24, 2.45) is 0 Å². The molecule has 0 saturated carbocycles. The molecule has 0 aliphatic heterocycles. The van der Waals surface area contributed by atoms with Crippen molar-refractivity contribution in [3.63, 3.8) is 0 Å². The van der Waals surface area contributed by atoms with E-state index in [0.717, 1.165) is 26.2 Å². The largest absolute Gasteiger partial charge is 0.372 e. The van der Waals surface area contributed by atoms with Crippen LogP contribution in [0.25, 0.3) is 11.1 Å². The smallest absolute Gasteiger partial charge is 0.199 e. The molecule has 0 aromatic heterocycles. The molecule has 1 aliphatic carbocycles. The van der Waals surface area contributed by atoms with E-state index < -0.39 is 0 Å². The topological polar surface area (TPSA) is 6.25 Å². The van der Waals surface area contributed by atoms with Crippen molar-refractivity contribution in [2.45, 2.75) is 27.7 Å². The molecule has 0 bridgehead atoms. The van der Waals surface area contributed by atoms with Gasteiger partial charge in [0.1, 0.15) is 13.1 Å². The molecule has 1 aliphatic rings. The molecule has 0 fully saturated rings. The quantitative estimate of drug-likeness (QED) is 0.194. The molecule has 0 heterocycles. The maximum absolute atomic E-state index is 2.38. The number of hydrogen-bond donors (Lipinski definition) is 0. The Morgan fingerprint density at radius 1 is 0.641 bits per heavy atom. The molecule has 0 unspecified atom stereocenters. The third kappa shape index (κ3) is 7.03. The van der Waals surface area contributed by atoms with E-state index in [1.54, 1.807) is 0 Å². The lowest BCUT2D eigenvalue weighted by Gasteiger charge is -2.21. The van der Waals surface area contributed by atoms with E-state index in [2.05, 4.69) is 165 Å². The highest BCUT2D eigenvalue weighted by molar-refractivity contribution is 6.03. The minimum Gasteiger partial charge on any atom is -0.372 e. The van der Waals surface area contributed by atoms with Gasteiger partial charge in [0.15, 0.2) is 5.71 Å². The fourth-order valence-electron chi connectivity index (χ4n) is 5.08. The Morgan fingerprint density at radius 3 is 1.72 bits per heavy atom. The molecule has 2 nitrogen and oxygen atoms in total. The highest BCUT2D eigenvalue weighted by Crippen LogP contribution is 2.28. The van der Waals surface area contributed by atoms with Gasteiger partial charge in [-0.25, -0.2) is 4.58 Å². The van der Waals surface area contributed by atoms with Gasteiger partial charge in [-0.1, -0.05) is 91.0 Å². The Morgan fingerprint density at radius 2 is 1.18 bits per heavy atom. The van der Waals surface area contributed by atoms with Crippen LogP contribution in [0.3, 0.4) is 0 Å². The number of benzene rings is 3. The zero-order valence-electron chi connectivity index (χ0n) is 23.8. The number of nitrogens with zero attached hydrogens (tertiary/aromatic N) is 2. The van der Waals surface area contributed by atoms with E-state index in [9.17, 15) is 0 Å². The highest BCUT2D eigenvalue weighted by atomic mass is 15.1. The van der Waals surface area contributed by atoms with Gasteiger partial charge in [-0.05, 0) is 85.4 Å². The molecular formula is C37H41N2+. The van der Waals surface area contributed by atoms with Gasteiger partial charge in [0, 0.05) is 30.9 Å². The van der Waals surface area contributed by atoms with Crippen LogP contribution in [-0.2, 0) is 0 Å². The van der Waals surface area contributed by atoms with Gasteiger partial charge in [-0.2, -0.15) is 0 Å². The maximum atomic E-state index is 2.38. The van der Waals surface area contributed by atoms with E-state index in [4.69, 9.17) is 0 Å². The summed E-state index contributed by atoms with van der Waals surface area (Å²) in [4.78, 5) is 2.38. The lowest BCUT2D eigenvalue weighted by atomic mass is 9.94. The molecule has 3 aromatic carbocycles. The van der Waals surface area contributed by atoms with Crippen LogP contribution in [0.4, 0.5) is 5.69 Å². The van der Waals surface area contributed by atoms with Crippen molar-refractivity contribution in [3.8, 4) is 0 Å². The van der Waals surface area contributed by atoms with Gasteiger partial charge in [0.05, 0.1) is 0 Å². The summed E-state index contributed by atoms with van der Waals surface area (Å²) in [5.74, 6) is 0. The Kier molecular flexibility index (Phi) is 10.1. The molecule has 0 spiro atoms. The third-order valence-electron chi connectivity index (χ3n) is 7.31. The predicted molar refractivity (Wildman–Crippen MR) is 171 cm³/mol. The van der Waals surface area contributed by atoms with E-state index >= 15 is 0 Å². The summed E-state index contributed by atoms with van der Waals surface area (Å²) < 4.78 is 2.38. The van der Waals surface area contributed by atoms with Gasteiger partial charge < -0.3 is 4.90 Å². The molecule has 4 rings (SSSR count). The molecular weight excluding hydrogens is 472 g/mol. The molecule has 0 radical (unpaired) electrons. The fraction of sp³-hybridized carbons (Fsp3) is 0.216. The molecule has 0 amide bonds. The lowest BCUT2D eigenvalue weighted by molar-refractivity contribution is -0.519. The first-order valence-corrected chi connectivity index (χ1v) is 14.2. The van der Waals surface area contributed by atoms with Crippen molar-refractivity contribution in [1.29, 1.82) is 0 Å². The number of rotatable bonds is 10. The fourth-order valence-corrected chi connectivity index (χ4v) is 5.08. The molecule has 3 aromatic rings. The summed E-state index contributed by atoms with van der Waals surface area (Å²) in [5, 5.41) is 0. The van der Waals surface area contributed by atoms with Crippen LogP contribution < -0.4 is 4.90 Å². The highest BCUT2D eigenvalue weighted by Gasteiger charge is 2.11. The van der Waals surface area contributed by atoms with Crippen LogP contribution in [-0.4, -0.2) is 36.5 Å². The van der Waals surface area contributed by atoms with Gasteiger partial charge in [-0.3, -0.25) is 0 Å². The SMILES string of the molecule is CCN(CC)c1ccc(/C(=C/C=C/C(=C2C=CC(=[N+](CC)CC)C=C2)c2ccccc2)c2ccccc2)cc1. The number of allylic oxidation sites excluding steroid dienone is 9. The molecule has 198 valence electrons. The summed E-state index contributed by atoms with van der Waals surface area (Å²) in [7, 11) is 0. The van der Waals surface area contributed by atoms with E-state index in [1.165, 1.54) is 44.8 Å². The second-order valence-corrected chi connectivity index (χ2v) is 9.52. The van der Waals surface area contributed by atoms with Crippen LogP contribution in [0, 0.1) is 0 Å². The Labute approximate surface area is 235 Å². The Balaban J connectivity index is 1.74. The molecule has 0 saturated heterocycles. The third-order valence-corrected chi connectivity index (χ3v) is 7.31. The minimum atomic E-state index is 1.01. The number of hydrogen-bond acceptors (Lipinski definition) is 1. The van der Waals surface area contributed by atoms with Crippen LogP contribution in [0.1, 0.15) is 44.4 Å². The lowest BCUT2D eigenvalue weighted by Crippen LogP contribution is -2.21. The first kappa shape index (κ1) is 27.9. The van der Waals surface area contributed by atoms with Crippen LogP contribution in [0.2, 0.25) is 0 Å². The average Bonchev–Trinajstić information content (AvgIpc) is 3.00. The second-order valence-electron chi connectivity index (χ2n) is 9.52. The maximum Gasteiger partial charge on any atom is 0.199 e. The second kappa shape index (κ2) is 14.1. The summed E-state index contributed by atoms with van der Waals surface area (Å²) in [6, 6.07) is 30.3. The van der Waals surface area contributed by atoms with Crippen LogP contribution in [0.5, 0.6) is 0 Å². The standard InChI is InChI=1S/C37H41N2/c1-5-38(6-2)34-26-22-32(23-27-34)36(30-16-11-9-12-17-30)20-15-21-37(31-18-13-10-14-19-31)33-24-28-35(29-25-33)39(7-3)8-4/h9-29H,5-8H2,1-4H3/q+1. The molecule has 39 heavy (non-hydrogen) atoms. The first-order chi connectivity index (χ1) is 19.2. The van der Waals surface area contributed by atoms with E-state index in [-0.39, 0.29) is 0 Å². The van der Waals surface area contributed by atoms with Crippen molar-refractivity contribution in [3.05, 3.63) is 150 Å². The molecule has 0 N–H and O–H groups in total. The zero-order valence-corrected chi connectivity index (χ0v) is 23.8. The normalized spacial score (nSPS) is 13.3. The summed E-state index contributed by atoms with van der Waals surface area (Å²) in [5.41, 5.74) is 9.80. The van der Waals surface area contributed by atoms with Gasteiger partial charge in [0.25, 0.3) is 0 Å². The van der Waals surface area contributed by atoms with Crippen LogP contribution >= 0.6 is 0 Å². The van der Waals surface area contributed by atoms with Crippen molar-refractivity contribution in [1.82, 2.24) is 0 Å². The molecule has 0 atom stereocenters. The summed E-state index contributed by atoms with van der Waals surface area (Å²) >= 11 is 0. The van der Waals surface area contributed by atoms with Crippen molar-refractivity contribution < 1.29 is 4.58 Å². The summed E-state index contributed by atoms with van der Waals surface area (Å²) in [6.07, 6.45) is 15.6. The molecule has 2 heteroatoms. The first-order valence-electron chi connectivity index (χ1n) is 14.2. The monoisotopic (exact) mass is 513 g/mol. The number of anilines is 1. The van der Waals surface area contributed by atoms with Gasteiger partial charge in [0.2, 0.25) is 0 Å². The zero-order chi connectivity index (χ0) is 27.5. The van der Waals surface area contributed by atoms with Crippen molar-refractivity contribution >= 4 is 22.5 Å². The van der Waals surface area contributed by atoms with Crippen molar-refractivity contribution in [2.75, 3.05) is 31.1 Å². The average molecular weight is 514 g/mol. The summed E-state index contributed by atoms with van der Waals surface area (Å²) in [6.45, 7) is 12.8. The van der Waals surface area contributed by atoms with Gasteiger partial charge >= 0.3 is 0 Å². The Bertz CT molecular complexity index is 1370.